The molecule has 1 aliphatic rings. The average molecular weight is 356 g/mol. The summed E-state index contributed by atoms with van der Waals surface area (Å²) in [6, 6.07) is 10.3. The first-order valence-corrected chi connectivity index (χ1v) is 8.37. The second-order valence-corrected chi connectivity index (χ2v) is 6.67. The minimum atomic E-state index is -0.514. The van der Waals surface area contributed by atoms with Crippen molar-refractivity contribution in [3.63, 3.8) is 0 Å². The van der Waals surface area contributed by atoms with Gasteiger partial charge in [0.25, 0.3) is 5.91 Å². The SMILES string of the molecule is O=C(Nc1cccc(-c2nnnn2C2CC2)c1)c1ccc([N+](=O)[O-])s1. The third-order valence-corrected chi connectivity index (χ3v) is 4.80. The molecule has 0 saturated heterocycles. The van der Waals surface area contributed by atoms with Gasteiger partial charge in [0.15, 0.2) is 5.82 Å². The van der Waals surface area contributed by atoms with Gasteiger partial charge in [-0.3, -0.25) is 14.9 Å². The van der Waals surface area contributed by atoms with Crippen LogP contribution in [0.2, 0.25) is 0 Å². The Morgan fingerprint density at radius 2 is 2.16 bits per heavy atom. The molecule has 9 nitrogen and oxygen atoms in total. The maximum Gasteiger partial charge on any atom is 0.324 e. The summed E-state index contributed by atoms with van der Waals surface area (Å²) in [4.78, 5) is 22.8. The van der Waals surface area contributed by atoms with E-state index < -0.39 is 10.8 Å². The average Bonchev–Trinajstić information content (AvgIpc) is 3.13. The van der Waals surface area contributed by atoms with Gasteiger partial charge in [0.1, 0.15) is 0 Å². The first-order chi connectivity index (χ1) is 12.1. The molecule has 1 aromatic carbocycles. The third kappa shape index (κ3) is 3.11. The number of aromatic nitrogens is 4. The van der Waals surface area contributed by atoms with E-state index >= 15 is 0 Å². The van der Waals surface area contributed by atoms with E-state index in [1.807, 2.05) is 6.07 Å². The van der Waals surface area contributed by atoms with Gasteiger partial charge >= 0.3 is 5.00 Å². The van der Waals surface area contributed by atoms with Crippen molar-refractivity contribution in [3.05, 3.63) is 51.4 Å². The molecule has 1 N–H and O–H groups in total. The zero-order valence-electron chi connectivity index (χ0n) is 12.8. The minimum absolute atomic E-state index is 0.0671. The summed E-state index contributed by atoms with van der Waals surface area (Å²) in [5, 5.41) is 25.2. The number of tetrazole rings is 1. The zero-order chi connectivity index (χ0) is 17.4. The lowest BCUT2D eigenvalue weighted by molar-refractivity contribution is -0.380. The number of nitrogens with one attached hydrogen (secondary N) is 1. The Morgan fingerprint density at radius 1 is 1.32 bits per heavy atom. The molecule has 0 unspecified atom stereocenters. The monoisotopic (exact) mass is 356 g/mol. The second-order valence-electron chi connectivity index (χ2n) is 5.61. The van der Waals surface area contributed by atoms with Crippen LogP contribution in [0, 0.1) is 10.1 Å². The van der Waals surface area contributed by atoms with E-state index in [2.05, 4.69) is 20.8 Å². The van der Waals surface area contributed by atoms with Crippen molar-refractivity contribution in [3.8, 4) is 11.4 Å². The number of hydrogen-bond acceptors (Lipinski definition) is 7. The molecular formula is C15H12N6O3S. The lowest BCUT2D eigenvalue weighted by Crippen LogP contribution is -2.10. The first-order valence-electron chi connectivity index (χ1n) is 7.56. The van der Waals surface area contributed by atoms with Crippen LogP contribution in [0.3, 0.4) is 0 Å². The van der Waals surface area contributed by atoms with Crippen LogP contribution in [0.25, 0.3) is 11.4 Å². The molecule has 0 radical (unpaired) electrons. The molecule has 10 heteroatoms. The lowest BCUT2D eigenvalue weighted by Gasteiger charge is -2.06. The number of anilines is 1. The van der Waals surface area contributed by atoms with Gasteiger partial charge in [-0.25, -0.2) is 4.68 Å². The van der Waals surface area contributed by atoms with Crippen molar-refractivity contribution >= 4 is 27.9 Å². The number of nitro groups is 1. The van der Waals surface area contributed by atoms with Crippen LogP contribution in [0.5, 0.6) is 0 Å². The smallest absolute Gasteiger partial charge is 0.321 e. The van der Waals surface area contributed by atoms with Gasteiger partial charge in [-0.2, -0.15) is 0 Å². The van der Waals surface area contributed by atoms with Crippen molar-refractivity contribution in [2.75, 3.05) is 5.32 Å². The number of hydrogen-bond donors (Lipinski definition) is 1. The number of thiophene rings is 1. The molecule has 25 heavy (non-hydrogen) atoms. The second kappa shape index (κ2) is 6.06. The van der Waals surface area contributed by atoms with E-state index in [0.29, 0.717) is 17.6 Å². The molecule has 0 spiro atoms. The summed E-state index contributed by atoms with van der Waals surface area (Å²) in [7, 11) is 0. The van der Waals surface area contributed by atoms with Gasteiger partial charge in [0.2, 0.25) is 0 Å². The van der Waals surface area contributed by atoms with Crippen LogP contribution in [-0.4, -0.2) is 31.0 Å². The molecule has 0 atom stereocenters. The first kappa shape index (κ1) is 15.4. The number of amides is 1. The van der Waals surface area contributed by atoms with E-state index in [9.17, 15) is 14.9 Å². The topological polar surface area (TPSA) is 116 Å². The van der Waals surface area contributed by atoms with Gasteiger partial charge in [0.05, 0.1) is 15.8 Å². The van der Waals surface area contributed by atoms with Crippen LogP contribution < -0.4 is 5.32 Å². The van der Waals surface area contributed by atoms with Crippen LogP contribution in [0.4, 0.5) is 10.7 Å². The molecule has 2 heterocycles. The van der Waals surface area contributed by atoms with Crippen molar-refractivity contribution in [1.29, 1.82) is 0 Å². The largest absolute Gasteiger partial charge is 0.324 e. The van der Waals surface area contributed by atoms with E-state index in [1.165, 1.54) is 12.1 Å². The fourth-order valence-electron chi connectivity index (χ4n) is 2.43. The molecule has 1 amide bonds. The Bertz CT molecular complexity index is 962. The molecule has 4 rings (SSSR count). The zero-order valence-corrected chi connectivity index (χ0v) is 13.6. The number of benzene rings is 1. The van der Waals surface area contributed by atoms with Gasteiger partial charge in [-0.15, -0.1) is 5.10 Å². The van der Waals surface area contributed by atoms with Crippen LogP contribution in [0.15, 0.2) is 36.4 Å². The molecular weight excluding hydrogens is 344 g/mol. The lowest BCUT2D eigenvalue weighted by atomic mass is 10.2. The summed E-state index contributed by atoms with van der Waals surface area (Å²) in [5.74, 6) is 0.266. The summed E-state index contributed by atoms with van der Waals surface area (Å²) in [6.07, 6.45) is 2.12. The van der Waals surface area contributed by atoms with Gasteiger partial charge in [0, 0.05) is 17.3 Å². The fourth-order valence-corrected chi connectivity index (χ4v) is 3.14. The number of rotatable bonds is 5. The summed E-state index contributed by atoms with van der Waals surface area (Å²) in [5.41, 5.74) is 1.37. The maximum absolute atomic E-state index is 12.3. The molecule has 126 valence electrons. The van der Waals surface area contributed by atoms with E-state index in [-0.39, 0.29) is 9.88 Å². The Morgan fingerprint density at radius 3 is 2.88 bits per heavy atom. The predicted molar refractivity (Wildman–Crippen MR) is 90.5 cm³/mol. The molecule has 2 aromatic heterocycles. The Hall–Kier alpha value is -3.14. The summed E-state index contributed by atoms with van der Waals surface area (Å²) in [6.45, 7) is 0. The van der Waals surface area contributed by atoms with Gasteiger partial charge < -0.3 is 5.32 Å². The van der Waals surface area contributed by atoms with Gasteiger partial charge in [-0.05, 0) is 41.5 Å². The standard InChI is InChI=1S/C15H12N6O3S/c22-15(12-6-7-13(25-12)21(23)24)16-10-3-1-2-9(8-10)14-17-18-19-20(14)11-4-5-11/h1-3,6-8,11H,4-5H2,(H,16,22). The molecule has 0 aliphatic heterocycles. The van der Waals surface area contributed by atoms with Crippen LogP contribution in [-0.2, 0) is 0 Å². The van der Waals surface area contributed by atoms with E-state index in [1.54, 1.807) is 22.9 Å². The normalized spacial score (nSPS) is 13.6. The highest BCUT2D eigenvalue weighted by molar-refractivity contribution is 7.17. The van der Waals surface area contributed by atoms with Crippen molar-refractivity contribution in [1.82, 2.24) is 20.2 Å². The Kier molecular flexibility index (Phi) is 3.73. The molecule has 1 aliphatic carbocycles. The Labute approximate surface area is 145 Å². The Balaban J connectivity index is 1.55. The highest BCUT2D eigenvalue weighted by Crippen LogP contribution is 2.36. The van der Waals surface area contributed by atoms with Crippen LogP contribution in [0.1, 0.15) is 28.6 Å². The predicted octanol–water partition coefficient (Wildman–Crippen LogP) is 2.90. The molecule has 3 aromatic rings. The molecule has 0 bridgehead atoms. The van der Waals surface area contributed by atoms with Crippen molar-refractivity contribution in [2.45, 2.75) is 18.9 Å². The van der Waals surface area contributed by atoms with E-state index in [4.69, 9.17) is 0 Å². The van der Waals surface area contributed by atoms with E-state index in [0.717, 1.165) is 29.7 Å². The number of carbonyl (C=O) groups is 1. The molecule has 1 fully saturated rings. The number of nitrogens with zero attached hydrogens (tertiary/aromatic N) is 5. The summed E-state index contributed by atoms with van der Waals surface area (Å²) < 4.78 is 1.80. The summed E-state index contributed by atoms with van der Waals surface area (Å²) >= 11 is 0.837. The van der Waals surface area contributed by atoms with Crippen LogP contribution >= 0.6 is 11.3 Å². The third-order valence-electron chi connectivity index (χ3n) is 3.76. The number of carbonyl (C=O) groups excluding carboxylic acids is 1. The minimum Gasteiger partial charge on any atom is -0.321 e. The van der Waals surface area contributed by atoms with Crippen molar-refractivity contribution < 1.29 is 9.72 Å². The molecule has 1 saturated carbocycles. The van der Waals surface area contributed by atoms with Gasteiger partial charge in [-0.1, -0.05) is 23.5 Å². The maximum atomic E-state index is 12.3. The highest BCUT2D eigenvalue weighted by Gasteiger charge is 2.28. The quantitative estimate of drug-likeness (QED) is 0.555. The highest BCUT2D eigenvalue weighted by atomic mass is 32.1. The fraction of sp³-hybridized carbons (Fsp3) is 0.200. The van der Waals surface area contributed by atoms with Crippen molar-refractivity contribution in [2.24, 2.45) is 0 Å².